The molecule has 0 spiro atoms. The summed E-state index contributed by atoms with van der Waals surface area (Å²) in [5, 5.41) is 4.98. The van der Waals surface area contributed by atoms with Crippen LogP contribution in [0.5, 0.6) is 0 Å². The number of rotatable bonds is 1. The summed E-state index contributed by atoms with van der Waals surface area (Å²) in [6, 6.07) is 7.49. The monoisotopic (exact) mass is 228 g/mol. The Bertz CT molecular complexity index is 560. The van der Waals surface area contributed by atoms with Crippen LogP contribution in [0.15, 0.2) is 18.2 Å². The van der Waals surface area contributed by atoms with Gasteiger partial charge in [-0.3, -0.25) is 0 Å². The molecule has 90 valence electrons. The van der Waals surface area contributed by atoms with Gasteiger partial charge in [-0.1, -0.05) is 6.07 Å². The molecule has 0 amide bonds. The van der Waals surface area contributed by atoms with E-state index in [9.17, 15) is 0 Å². The SMILES string of the molecule is Cc1c(C)n(C)c2ccc([C@H]3CCCN3)cc12. The minimum Gasteiger partial charge on any atom is -0.348 e. The maximum Gasteiger partial charge on any atom is 0.0482 e. The van der Waals surface area contributed by atoms with E-state index in [0.717, 1.165) is 6.54 Å². The van der Waals surface area contributed by atoms with Crippen LogP contribution in [0, 0.1) is 13.8 Å². The van der Waals surface area contributed by atoms with E-state index in [-0.39, 0.29) is 0 Å². The molecule has 1 saturated heterocycles. The van der Waals surface area contributed by atoms with Crippen LogP contribution in [-0.4, -0.2) is 11.1 Å². The molecule has 2 aromatic rings. The van der Waals surface area contributed by atoms with Gasteiger partial charge in [-0.15, -0.1) is 0 Å². The molecule has 0 bridgehead atoms. The van der Waals surface area contributed by atoms with Crippen molar-refractivity contribution in [2.75, 3.05) is 6.54 Å². The lowest BCUT2D eigenvalue weighted by Crippen LogP contribution is -2.12. The summed E-state index contributed by atoms with van der Waals surface area (Å²) in [6.45, 7) is 5.59. The molecule has 2 heteroatoms. The van der Waals surface area contributed by atoms with Crippen molar-refractivity contribution in [3.05, 3.63) is 35.0 Å². The average molecular weight is 228 g/mol. The third-order valence-electron chi connectivity index (χ3n) is 4.29. The van der Waals surface area contributed by atoms with Crippen LogP contribution >= 0.6 is 0 Å². The zero-order chi connectivity index (χ0) is 12.0. The van der Waals surface area contributed by atoms with Gasteiger partial charge in [-0.2, -0.15) is 0 Å². The number of benzene rings is 1. The highest BCUT2D eigenvalue weighted by Gasteiger charge is 2.17. The van der Waals surface area contributed by atoms with Crippen LogP contribution in [-0.2, 0) is 7.05 Å². The van der Waals surface area contributed by atoms with Gasteiger partial charge >= 0.3 is 0 Å². The molecule has 2 heterocycles. The Morgan fingerprint density at radius 2 is 2.12 bits per heavy atom. The summed E-state index contributed by atoms with van der Waals surface area (Å²) < 4.78 is 2.29. The van der Waals surface area contributed by atoms with E-state index in [0.29, 0.717) is 6.04 Å². The Labute approximate surface area is 103 Å². The van der Waals surface area contributed by atoms with Gasteiger partial charge in [0, 0.05) is 29.7 Å². The van der Waals surface area contributed by atoms with Crippen molar-refractivity contribution in [3.63, 3.8) is 0 Å². The van der Waals surface area contributed by atoms with Gasteiger partial charge in [-0.05, 0) is 56.5 Å². The smallest absolute Gasteiger partial charge is 0.0482 e. The molecule has 1 aromatic heterocycles. The molecule has 0 radical (unpaired) electrons. The molecule has 0 saturated carbocycles. The number of nitrogens with zero attached hydrogens (tertiary/aromatic N) is 1. The summed E-state index contributed by atoms with van der Waals surface area (Å²) in [6.07, 6.45) is 2.58. The maximum atomic E-state index is 3.57. The highest BCUT2D eigenvalue weighted by atomic mass is 14.9. The maximum absolute atomic E-state index is 3.57. The number of aryl methyl sites for hydroxylation is 2. The molecule has 1 fully saturated rings. The third kappa shape index (κ3) is 1.59. The molecule has 3 rings (SSSR count). The molecule has 2 nitrogen and oxygen atoms in total. The molecule has 1 N–H and O–H groups in total. The first kappa shape index (κ1) is 10.8. The van der Waals surface area contributed by atoms with Crippen molar-refractivity contribution in [3.8, 4) is 0 Å². The summed E-state index contributed by atoms with van der Waals surface area (Å²) >= 11 is 0. The lowest BCUT2D eigenvalue weighted by Gasteiger charge is -2.10. The van der Waals surface area contributed by atoms with Crippen LogP contribution in [0.3, 0.4) is 0 Å². The Kier molecular flexibility index (Phi) is 2.48. The van der Waals surface area contributed by atoms with Crippen molar-refractivity contribution in [1.82, 2.24) is 9.88 Å². The zero-order valence-electron chi connectivity index (χ0n) is 10.9. The van der Waals surface area contributed by atoms with Crippen LogP contribution in [0.2, 0.25) is 0 Å². The minimum atomic E-state index is 0.569. The summed E-state index contributed by atoms with van der Waals surface area (Å²) in [5.41, 5.74) is 5.59. The first-order chi connectivity index (χ1) is 8.18. The Hall–Kier alpha value is -1.28. The molecule has 0 unspecified atom stereocenters. The average Bonchev–Trinajstić information content (AvgIpc) is 2.94. The largest absolute Gasteiger partial charge is 0.348 e. The van der Waals surface area contributed by atoms with Gasteiger partial charge in [-0.25, -0.2) is 0 Å². The molecule has 1 aliphatic heterocycles. The molecule has 17 heavy (non-hydrogen) atoms. The molecule has 0 aliphatic carbocycles. The Balaban J connectivity index is 2.15. The molecular weight excluding hydrogens is 208 g/mol. The van der Waals surface area contributed by atoms with Gasteiger partial charge < -0.3 is 9.88 Å². The van der Waals surface area contributed by atoms with Crippen molar-refractivity contribution >= 4 is 10.9 Å². The van der Waals surface area contributed by atoms with Crippen molar-refractivity contribution in [1.29, 1.82) is 0 Å². The predicted molar refractivity (Wildman–Crippen MR) is 72.4 cm³/mol. The van der Waals surface area contributed by atoms with Crippen LogP contribution in [0.1, 0.15) is 35.7 Å². The van der Waals surface area contributed by atoms with E-state index in [1.165, 1.54) is 40.6 Å². The minimum absolute atomic E-state index is 0.569. The van der Waals surface area contributed by atoms with Gasteiger partial charge in [0.25, 0.3) is 0 Å². The fourth-order valence-electron chi connectivity index (χ4n) is 2.96. The summed E-state index contributed by atoms with van der Waals surface area (Å²) in [5.74, 6) is 0. The molecular formula is C15H20N2. The van der Waals surface area contributed by atoms with Crippen LogP contribution in [0.4, 0.5) is 0 Å². The second kappa shape index (κ2) is 3.88. The summed E-state index contributed by atoms with van der Waals surface area (Å²) in [4.78, 5) is 0. The van der Waals surface area contributed by atoms with Crippen molar-refractivity contribution in [2.24, 2.45) is 7.05 Å². The fraction of sp³-hybridized carbons (Fsp3) is 0.467. The molecule has 1 aliphatic rings. The van der Waals surface area contributed by atoms with E-state index in [4.69, 9.17) is 0 Å². The lowest BCUT2D eigenvalue weighted by molar-refractivity contribution is 0.648. The van der Waals surface area contributed by atoms with Crippen LogP contribution < -0.4 is 5.32 Å². The highest BCUT2D eigenvalue weighted by Crippen LogP contribution is 2.29. The number of aromatic nitrogens is 1. The van der Waals surface area contributed by atoms with Gasteiger partial charge in [0.15, 0.2) is 0 Å². The van der Waals surface area contributed by atoms with E-state index in [1.54, 1.807) is 0 Å². The fourth-order valence-corrected chi connectivity index (χ4v) is 2.96. The van der Waals surface area contributed by atoms with E-state index in [2.05, 4.69) is 49.0 Å². The number of hydrogen-bond acceptors (Lipinski definition) is 1. The van der Waals surface area contributed by atoms with E-state index >= 15 is 0 Å². The number of hydrogen-bond donors (Lipinski definition) is 1. The van der Waals surface area contributed by atoms with E-state index in [1.807, 2.05) is 0 Å². The number of nitrogens with one attached hydrogen (secondary N) is 1. The van der Waals surface area contributed by atoms with Crippen LogP contribution in [0.25, 0.3) is 10.9 Å². The lowest BCUT2D eigenvalue weighted by atomic mass is 10.0. The number of fused-ring (bicyclic) bond motifs is 1. The topological polar surface area (TPSA) is 17.0 Å². The normalized spacial score (nSPS) is 20.3. The standard InChI is InChI=1S/C15H20N2/c1-10-11(2)17(3)15-7-6-12(9-13(10)15)14-5-4-8-16-14/h6-7,9,14,16H,4-5,8H2,1-3H3/t14-/m1/s1. The zero-order valence-corrected chi connectivity index (χ0v) is 10.9. The van der Waals surface area contributed by atoms with Crippen molar-refractivity contribution < 1.29 is 0 Å². The second-order valence-corrected chi connectivity index (χ2v) is 5.19. The van der Waals surface area contributed by atoms with Gasteiger partial charge in [0.2, 0.25) is 0 Å². The predicted octanol–water partition coefficient (Wildman–Crippen LogP) is 3.22. The quantitative estimate of drug-likeness (QED) is 0.793. The molecule has 1 aromatic carbocycles. The highest BCUT2D eigenvalue weighted by molar-refractivity contribution is 5.86. The van der Waals surface area contributed by atoms with Crippen molar-refractivity contribution in [2.45, 2.75) is 32.7 Å². The second-order valence-electron chi connectivity index (χ2n) is 5.19. The van der Waals surface area contributed by atoms with Gasteiger partial charge in [0.05, 0.1) is 0 Å². The van der Waals surface area contributed by atoms with Gasteiger partial charge in [0.1, 0.15) is 0 Å². The Morgan fingerprint density at radius 3 is 2.82 bits per heavy atom. The first-order valence-electron chi connectivity index (χ1n) is 6.47. The summed E-state index contributed by atoms with van der Waals surface area (Å²) in [7, 11) is 2.15. The third-order valence-corrected chi connectivity index (χ3v) is 4.29. The van der Waals surface area contributed by atoms with E-state index < -0.39 is 0 Å². The molecule has 1 atom stereocenters. The first-order valence-corrected chi connectivity index (χ1v) is 6.47. The Morgan fingerprint density at radius 1 is 1.29 bits per heavy atom.